The normalized spacial score (nSPS) is 21.8. The first kappa shape index (κ1) is 19.2. The van der Waals surface area contributed by atoms with E-state index in [9.17, 15) is 0 Å². The van der Waals surface area contributed by atoms with Gasteiger partial charge in [0, 0.05) is 25.8 Å². The molecule has 3 N–H and O–H groups in total. The Kier molecular flexibility index (Phi) is 7.54. The molecule has 2 fully saturated rings. The molecule has 1 aliphatic carbocycles. The Balaban J connectivity index is 0.00000208. The van der Waals surface area contributed by atoms with E-state index < -0.39 is 0 Å². The van der Waals surface area contributed by atoms with E-state index in [2.05, 4.69) is 39.2 Å². The highest BCUT2D eigenvalue weighted by atomic mass is 127. The lowest BCUT2D eigenvalue weighted by atomic mass is 9.85. The van der Waals surface area contributed by atoms with E-state index in [0.717, 1.165) is 43.5 Å². The first-order chi connectivity index (χ1) is 11.2. The smallest absolute Gasteiger partial charge is 0.188 e. The van der Waals surface area contributed by atoms with Crippen LogP contribution < -0.4 is 16.0 Å². The van der Waals surface area contributed by atoms with E-state index in [0.29, 0.717) is 12.5 Å². The second-order valence-electron chi connectivity index (χ2n) is 6.53. The molecule has 1 atom stereocenters. The van der Waals surface area contributed by atoms with Crippen molar-refractivity contribution in [3.63, 3.8) is 0 Å². The Labute approximate surface area is 161 Å². The summed E-state index contributed by atoms with van der Waals surface area (Å²) < 4.78 is 5.56. The summed E-state index contributed by atoms with van der Waals surface area (Å²) in [4.78, 5) is 11.2. The molecule has 1 aromatic heterocycles. The van der Waals surface area contributed by atoms with Crippen molar-refractivity contribution < 1.29 is 4.74 Å². The molecule has 1 aliphatic heterocycles. The number of nitrogens with one attached hydrogen (secondary N) is 1. The molecule has 24 heavy (non-hydrogen) atoms. The number of rotatable bonds is 5. The molecule has 1 saturated carbocycles. The third-order valence-corrected chi connectivity index (χ3v) is 4.60. The van der Waals surface area contributed by atoms with Crippen molar-refractivity contribution in [1.29, 1.82) is 0 Å². The van der Waals surface area contributed by atoms with Crippen molar-refractivity contribution in [1.82, 2.24) is 10.3 Å². The molecule has 2 aliphatic rings. The molecule has 134 valence electrons. The zero-order chi connectivity index (χ0) is 16.1. The number of nitrogens with zero attached hydrogens (tertiary/aromatic N) is 3. The standard InChI is InChI=1S/C17H27N5O.HI/c1-13-12-22(7-8-23-13)16-6-5-15(10-19-16)11-21-17(18)20-9-14-3-2-4-14;/h5-6,10,13-14H,2-4,7-9,11-12H2,1H3,(H3,18,20,21);1H. The Morgan fingerprint density at radius 2 is 2.29 bits per heavy atom. The Morgan fingerprint density at radius 3 is 2.92 bits per heavy atom. The van der Waals surface area contributed by atoms with Crippen molar-refractivity contribution in [2.24, 2.45) is 16.6 Å². The van der Waals surface area contributed by atoms with E-state index >= 15 is 0 Å². The van der Waals surface area contributed by atoms with Crippen LogP contribution in [0.3, 0.4) is 0 Å². The van der Waals surface area contributed by atoms with Crippen LogP contribution >= 0.6 is 24.0 Å². The van der Waals surface area contributed by atoms with Gasteiger partial charge < -0.3 is 20.7 Å². The molecule has 0 spiro atoms. The van der Waals surface area contributed by atoms with Gasteiger partial charge in [-0.1, -0.05) is 12.5 Å². The number of anilines is 1. The van der Waals surface area contributed by atoms with Crippen LogP contribution in [0.5, 0.6) is 0 Å². The number of guanidine groups is 1. The summed E-state index contributed by atoms with van der Waals surface area (Å²) in [6.45, 7) is 6.15. The summed E-state index contributed by atoms with van der Waals surface area (Å²) >= 11 is 0. The van der Waals surface area contributed by atoms with Gasteiger partial charge in [0.1, 0.15) is 5.82 Å². The average molecular weight is 445 g/mol. The van der Waals surface area contributed by atoms with Gasteiger partial charge in [0.15, 0.2) is 5.96 Å². The second-order valence-corrected chi connectivity index (χ2v) is 6.53. The number of morpholine rings is 1. The molecule has 1 aromatic rings. The number of nitrogens with two attached hydrogens (primary N) is 1. The fraction of sp³-hybridized carbons (Fsp3) is 0.647. The molecular formula is C17H28IN5O. The van der Waals surface area contributed by atoms with Crippen LogP contribution in [0, 0.1) is 5.92 Å². The lowest BCUT2D eigenvalue weighted by Crippen LogP contribution is -2.41. The highest BCUT2D eigenvalue weighted by Gasteiger charge is 2.18. The van der Waals surface area contributed by atoms with Crippen molar-refractivity contribution in [2.45, 2.75) is 38.8 Å². The van der Waals surface area contributed by atoms with Gasteiger partial charge >= 0.3 is 0 Å². The topological polar surface area (TPSA) is 75.8 Å². The lowest BCUT2D eigenvalue weighted by molar-refractivity contribution is 0.0529. The SMILES string of the molecule is CC1CN(c2ccc(CN=C(N)NCC3CCC3)cn2)CCO1.I. The molecule has 7 heteroatoms. The number of pyridine rings is 1. The van der Waals surface area contributed by atoms with Gasteiger partial charge in [0.2, 0.25) is 0 Å². The van der Waals surface area contributed by atoms with Gasteiger partial charge in [-0.25, -0.2) is 9.98 Å². The van der Waals surface area contributed by atoms with E-state index in [1.165, 1.54) is 19.3 Å². The van der Waals surface area contributed by atoms with Crippen LogP contribution in [0.15, 0.2) is 23.3 Å². The molecule has 0 amide bonds. The van der Waals surface area contributed by atoms with Gasteiger partial charge in [-0.2, -0.15) is 0 Å². The molecule has 2 heterocycles. The van der Waals surface area contributed by atoms with E-state index in [4.69, 9.17) is 10.5 Å². The van der Waals surface area contributed by atoms with E-state index in [1.807, 2.05) is 6.20 Å². The predicted octanol–water partition coefficient (Wildman–Crippen LogP) is 2.13. The molecule has 6 nitrogen and oxygen atoms in total. The summed E-state index contributed by atoms with van der Waals surface area (Å²) in [5, 5.41) is 3.21. The zero-order valence-corrected chi connectivity index (χ0v) is 16.6. The molecule has 1 unspecified atom stereocenters. The van der Waals surface area contributed by atoms with Gasteiger partial charge in [0.25, 0.3) is 0 Å². The number of ether oxygens (including phenoxy) is 1. The first-order valence-electron chi connectivity index (χ1n) is 8.56. The third kappa shape index (κ3) is 5.47. The summed E-state index contributed by atoms with van der Waals surface area (Å²) in [5.41, 5.74) is 6.98. The van der Waals surface area contributed by atoms with Crippen molar-refractivity contribution in [2.75, 3.05) is 31.1 Å². The minimum Gasteiger partial charge on any atom is -0.375 e. The molecule has 0 aromatic carbocycles. The first-order valence-corrected chi connectivity index (χ1v) is 8.56. The van der Waals surface area contributed by atoms with Gasteiger partial charge in [-0.05, 0) is 37.3 Å². The molecule has 3 rings (SSSR count). The maximum atomic E-state index is 5.91. The van der Waals surface area contributed by atoms with Crippen LogP contribution in [0.2, 0.25) is 0 Å². The monoisotopic (exact) mass is 445 g/mol. The highest BCUT2D eigenvalue weighted by Crippen LogP contribution is 2.25. The molecule has 0 radical (unpaired) electrons. The second kappa shape index (κ2) is 9.41. The van der Waals surface area contributed by atoms with Crippen LogP contribution in [0.4, 0.5) is 5.82 Å². The fourth-order valence-corrected chi connectivity index (χ4v) is 2.90. The van der Waals surface area contributed by atoms with E-state index in [-0.39, 0.29) is 30.1 Å². The van der Waals surface area contributed by atoms with Crippen LogP contribution in [-0.4, -0.2) is 43.3 Å². The lowest BCUT2D eigenvalue weighted by Gasteiger charge is -2.32. The van der Waals surface area contributed by atoms with Crippen molar-refractivity contribution >= 4 is 35.8 Å². The highest BCUT2D eigenvalue weighted by molar-refractivity contribution is 14.0. The van der Waals surface area contributed by atoms with Crippen molar-refractivity contribution in [3.05, 3.63) is 23.9 Å². The molecule has 0 bridgehead atoms. The van der Waals surface area contributed by atoms with Crippen molar-refractivity contribution in [3.8, 4) is 0 Å². The number of aromatic nitrogens is 1. The maximum Gasteiger partial charge on any atom is 0.188 e. The average Bonchev–Trinajstić information content (AvgIpc) is 2.52. The van der Waals surface area contributed by atoms with Gasteiger partial charge in [-0.15, -0.1) is 24.0 Å². The minimum atomic E-state index is 0. The fourth-order valence-electron chi connectivity index (χ4n) is 2.90. The van der Waals surface area contributed by atoms with Gasteiger partial charge in [-0.3, -0.25) is 0 Å². The van der Waals surface area contributed by atoms with Crippen LogP contribution in [0.1, 0.15) is 31.7 Å². The predicted molar refractivity (Wildman–Crippen MR) is 108 cm³/mol. The number of hydrogen-bond donors (Lipinski definition) is 2. The number of halogens is 1. The Hall–Kier alpha value is -1.09. The maximum absolute atomic E-state index is 5.91. The van der Waals surface area contributed by atoms with Gasteiger partial charge in [0.05, 0.1) is 19.3 Å². The number of hydrogen-bond acceptors (Lipinski definition) is 4. The van der Waals surface area contributed by atoms with E-state index in [1.54, 1.807) is 0 Å². The third-order valence-electron chi connectivity index (χ3n) is 4.60. The summed E-state index contributed by atoms with van der Waals surface area (Å²) in [5.74, 6) is 2.31. The zero-order valence-electron chi connectivity index (χ0n) is 14.3. The summed E-state index contributed by atoms with van der Waals surface area (Å²) in [6.07, 6.45) is 6.12. The summed E-state index contributed by atoms with van der Waals surface area (Å²) in [7, 11) is 0. The molecular weight excluding hydrogens is 417 g/mol. The largest absolute Gasteiger partial charge is 0.375 e. The minimum absolute atomic E-state index is 0. The molecule has 1 saturated heterocycles. The summed E-state index contributed by atoms with van der Waals surface area (Å²) in [6, 6.07) is 4.13. The van der Waals surface area contributed by atoms with Crippen LogP contribution in [0.25, 0.3) is 0 Å². The number of aliphatic imine (C=N–C) groups is 1. The Morgan fingerprint density at radius 1 is 1.46 bits per heavy atom. The Bertz CT molecular complexity index is 532. The van der Waals surface area contributed by atoms with Crippen LogP contribution in [-0.2, 0) is 11.3 Å². The quantitative estimate of drug-likeness (QED) is 0.413.